The van der Waals surface area contributed by atoms with E-state index in [1.54, 1.807) is 6.92 Å². The fourth-order valence-corrected chi connectivity index (χ4v) is 1.70. The van der Waals surface area contributed by atoms with Gasteiger partial charge in [0, 0.05) is 19.5 Å². The largest absolute Gasteiger partial charge is 0.370 e. The quantitative estimate of drug-likeness (QED) is 0.579. The van der Waals surface area contributed by atoms with Gasteiger partial charge in [-0.05, 0) is 25.7 Å². The van der Waals surface area contributed by atoms with Gasteiger partial charge in [-0.1, -0.05) is 11.6 Å². The molecule has 3 N–H and O–H groups in total. The fraction of sp³-hybridized carbons (Fsp3) is 0.727. The molecule has 0 aromatic carbocycles. The van der Waals surface area contributed by atoms with Crippen molar-refractivity contribution in [3.05, 3.63) is 11.7 Å². The predicted octanol–water partition coefficient (Wildman–Crippen LogP) is 0.625. The van der Waals surface area contributed by atoms with Gasteiger partial charge in [0.15, 0.2) is 11.8 Å². The van der Waals surface area contributed by atoms with Crippen molar-refractivity contribution in [3.8, 4) is 0 Å². The van der Waals surface area contributed by atoms with E-state index in [1.165, 1.54) is 19.3 Å². The molecule has 1 fully saturated rings. The minimum Gasteiger partial charge on any atom is -0.370 e. The van der Waals surface area contributed by atoms with E-state index in [9.17, 15) is 0 Å². The number of aliphatic imine (C=N–C) groups is 1. The van der Waals surface area contributed by atoms with Gasteiger partial charge in [0.1, 0.15) is 0 Å². The summed E-state index contributed by atoms with van der Waals surface area (Å²) in [6, 6.07) is 0. The van der Waals surface area contributed by atoms with E-state index in [0.717, 1.165) is 12.5 Å². The number of nitrogens with zero attached hydrogens (tertiary/aromatic N) is 3. The minimum absolute atomic E-state index is 0.508. The maximum atomic E-state index is 5.74. The zero-order valence-electron chi connectivity index (χ0n) is 10.1. The van der Waals surface area contributed by atoms with Crippen LogP contribution in [0.2, 0.25) is 0 Å². The average Bonchev–Trinajstić information content (AvgIpc) is 2.62. The summed E-state index contributed by atoms with van der Waals surface area (Å²) in [5.41, 5.74) is 5.74. The second-order valence-electron chi connectivity index (χ2n) is 4.43. The fourth-order valence-electron chi connectivity index (χ4n) is 1.70. The van der Waals surface area contributed by atoms with Gasteiger partial charge in [0.2, 0.25) is 5.89 Å². The number of nitrogens with one attached hydrogen (secondary N) is 1. The van der Waals surface area contributed by atoms with Gasteiger partial charge in [-0.25, -0.2) is 0 Å². The van der Waals surface area contributed by atoms with E-state index in [-0.39, 0.29) is 0 Å². The van der Waals surface area contributed by atoms with E-state index in [0.29, 0.717) is 30.6 Å². The number of aromatic nitrogens is 2. The Morgan fingerprint density at radius 1 is 1.59 bits per heavy atom. The molecule has 6 nitrogen and oxygen atoms in total. The minimum atomic E-state index is 0.508. The Morgan fingerprint density at radius 3 is 3.00 bits per heavy atom. The Balaban J connectivity index is 1.63. The summed E-state index contributed by atoms with van der Waals surface area (Å²) in [6.45, 7) is 3.31. The van der Waals surface area contributed by atoms with Crippen molar-refractivity contribution in [1.82, 2.24) is 15.5 Å². The monoisotopic (exact) mass is 237 g/mol. The predicted molar refractivity (Wildman–Crippen MR) is 64.6 cm³/mol. The summed E-state index contributed by atoms with van der Waals surface area (Å²) in [4.78, 5) is 8.40. The van der Waals surface area contributed by atoms with Crippen molar-refractivity contribution >= 4 is 5.96 Å². The molecule has 17 heavy (non-hydrogen) atoms. The third-order valence-electron chi connectivity index (χ3n) is 2.96. The van der Waals surface area contributed by atoms with Crippen molar-refractivity contribution < 1.29 is 4.52 Å². The second kappa shape index (κ2) is 5.65. The van der Waals surface area contributed by atoms with Crippen LogP contribution >= 0.6 is 0 Å². The lowest BCUT2D eigenvalue weighted by Crippen LogP contribution is -2.34. The smallest absolute Gasteiger partial charge is 0.228 e. The number of nitrogens with two attached hydrogens (primary N) is 1. The van der Waals surface area contributed by atoms with Crippen LogP contribution in [0.1, 0.15) is 31.0 Å². The lowest BCUT2D eigenvalue weighted by molar-refractivity contribution is 0.326. The van der Waals surface area contributed by atoms with Crippen molar-refractivity contribution in [3.63, 3.8) is 0 Å². The lowest BCUT2D eigenvalue weighted by Gasteiger charge is -2.23. The van der Waals surface area contributed by atoms with Gasteiger partial charge in [-0.2, -0.15) is 4.98 Å². The zero-order valence-corrected chi connectivity index (χ0v) is 10.1. The first-order chi connectivity index (χ1) is 8.24. The van der Waals surface area contributed by atoms with Crippen molar-refractivity contribution in [2.24, 2.45) is 16.6 Å². The highest BCUT2D eigenvalue weighted by Crippen LogP contribution is 2.26. The Morgan fingerprint density at radius 2 is 2.41 bits per heavy atom. The maximum Gasteiger partial charge on any atom is 0.228 e. The maximum absolute atomic E-state index is 5.74. The highest BCUT2D eigenvalue weighted by Gasteiger charge is 2.16. The molecule has 0 amide bonds. The van der Waals surface area contributed by atoms with Crippen LogP contribution < -0.4 is 11.1 Å². The van der Waals surface area contributed by atoms with Gasteiger partial charge in [-0.3, -0.25) is 4.99 Å². The second-order valence-corrected chi connectivity index (χ2v) is 4.43. The summed E-state index contributed by atoms with van der Waals surface area (Å²) in [5.74, 6) is 2.54. The first kappa shape index (κ1) is 11.9. The topological polar surface area (TPSA) is 89.3 Å². The number of aryl methyl sites for hydroxylation is 1. The van der Waals surface area contributed by atoms with Crippen LogP contribution in [-0.2, 0) is 6.42 Å². The van der Waals surface area contributed by atoms with E-state index in [2.05, 4.69) is 20.4 Å². The Hall–Kier alpha value is -1.59. The van der Waals surface area contributed by atoms with Crippen LogP contribution in [0.25, 0.3) is 0 Å². The summed E-state index contributed by atoms with van der Waals surface area (Å²) in [5, 5.41) is 6.76. The SMILES string of the molecule is Cc1noc(CCNC(N)=NCC2CCC2)n1. The molecular formula is C11H19N5O. The molecule has 6 heteroatoms. The van der Waals surface area contributed by atoms with Gasteiger partial charge in [0.25, 0.3) is 0 Å². The van der Waals surface area contributed by atoms with Gasteiger partial charge in [0.05, 0.1) is 0 Å². The molecule has 1 aromatic rings. The molecule has 1 saturated carbocycles. The Bertz CT molecular complexity index is 383. The van der Waals surface area contributed by atoms with Crippen molar-refractivity contribution in [2.45, 2.75) is 32.6 Å². The molecule has 2 rings (SSSR count). The first-order valence-corrected chi connectivity index (χ1v) is 6.07. The summed E-state index contributed by atoms with van der Waals surface area (Å²) >= 11 is 0. The van der Waals surface area contributed by atoms with E-state index < -0.39 is 0 Å². The standard InChI is InChI=1S/C11H19N5O/c1-8-15-10(17-16-8)5-6-13-11(12)14-7-9-3-2-4-9/h9H,2-7H2,1H3,(H3,12,13,14). The normalized spacial score (nSPS) is 16.9. The molecular weight excluding hydrogens is 218 g/mol. The van der Waals surface area contributed by atoms with Crippen LogP contribution in [0.4, 0.5) is 0 Å². The van der Waals surface area contributed by atoms with Gasteiger partial charge in [-0.15, -0.1) is 0 Å². The van der Waals surface area contributed by atoms with Crippen LogP contribution in [0, 0.1) is 12.8 Å². The molecule has 0 atom stereocenters. The van der Waals surface area contributed by atoms with Crippen LogP contribution in [0.15, 0.2) is 9.52 Å². The third kappa shape index (κ3) is 3.72. The number of rotatable bonds is 5. The van der Waals surface area contributed by atoms with Crippen molar-refractivity contribution in [1.29, 1.82) is 0 Å². The average molecular weight is 237 g/mol. The van der Waals surface area contributed by atoms with Gasteiger partial charge < -0.3 is 15.6 Å². The molecule has 0 spiro atoms. The zero-order chi connectivity index (χ0) is 12.1. The number of guanidine groups is 1. The highest BCUT2D eigenvalue weighted by atomic mass is 16.5. The lowest BCUT2D eigenvalue weighted by atomic mass is 9.86. The number of hydrogen-bond acceptors (Lipinski definition) is 4. The van der Waals surface area contributed by atoms with Gasteiger partial charge >= 0.3 is 0 Å². The van der Waals surface area contributed by atoms with Crippen LogP contribution in [-0.4, -0.2) is 29.2 Å². The summed E-state index contributed by atoms with van der Waals surface area (Å²) < 4.78 is 4.99. The molecule has 0 aliphatic heterocycles. The molecule has 0 unspecified atom stereocenters. The summed E-state index contributed by atoms with van der Waals surface area (Å²) in [6.07, 6.45) is 4.58. The first-order valence-electron chi connectivity index (χ1n) is 6.07. The summed E-state index contributed by atoms with van der Waals surface area (Å²) in [7, 11) is 0. The Kier molecular flexibility index (Phi) is 3.95. The molecule has 1 aliphatic carbocycles. The molecule has 0 radical (unpaired) electrons. The molecule has 1 aromatic heterocycles. The van der Waals surface area contributed by atoms with Crippen LogP contribution in [0.3, 0.4) is 0 Å². The molecule has 1 aliphatic rings. The molecule has 0 bridgehead atoms. The Labute approximate surface area is 101 Å². The molecule has 94 valence electrons. The molecule has 1 heterocycles. The third-order valence-corrected chi connectivity index (χ3v) is 2.96. The van der Waals surface area contributed by atoms with E-state index in [1.807, 2.05) is 0 Å². The van der Waals surface area contributed by atoms with Crippen molar-refractivity contribution in [2.75, 3.05) is 13.1 Å². The molecule has 0 saturated heterocycles. The number of hydrogen-bond donors (Lipinski definition) is 2. The highest BCUT2D eigenvalue weighted by molar-refractivity contribution is 5.77. The van der Waals surface area contributed by atoms with Crippen LogP contribution in [0.5, 0.6) is 0 Å². The van der Waals surface area contributed by atoms with E-state index >= 15 is 0 Å². The van der Waals surface area contributed by atoms with E-state index in [4.69, 9.17) is 10.3 Å².